The predicted octanol–water partition coefficient (Wildman–Crippen LogP) is 8.14. The lowest BCUT2D eigenvalue weighted by Gasteiger charge is -2.28. The minimum atomic E-state index is 0. The van der Waals surface area contributed by atoms with Crippen LogP contribution in [-0.4, -0.2) is 5.78 Å². The van der Waals surface area contributed by atoms with Crippen LogP contribution >= 0.6 is 0 Å². The van der Waals surface area contributed by atoms with E-state index in [1.54, 1.807) is 6.08 Å². The lowest BCUT2D eigenvalue weighted by atomic mass is 9.74. The van der Waals surface area contributed by atoms with Crippen molar-refractivity contribution in [1.29, 1.82) is 0 Å². The Kier molecular flexibility index (Phi) is 7.10. The van der Waals surface area contributed by atoms with Gasteiger partial charge in [-0.1, -0.05) is 87.3 Å². The Morgan fingerprint density at radius 2 is 1.71 bits per heavy atom. The molecule has 0 spiro atoms. The number of rotatable bonds is 5. The zero-order valence-corrected chi connectivity index (χ0v) is 19.4. The van der Waals surface area contributed by atoms with Crippen LogP contribution in [0.1, 0.15) is 83.7 Å². The van der Waals surface area contributed by atoms with Crippen molar-refractivity contribution in [3.05, 3.63) is 83.0 Å². The predicted molar refractivity (Wildman–Crippen MR) is 133 cm³/mol. The number of benzene rings is 1. The minimum Gasteiger partial charge on any atom is -0.294 e. The van der Waals surface area contributed by atoms with Gasteiger partial charge in [0.2, 0.25) is 0 Å². The maximum atomic E-state index is 12.8. The van der Waals surface area contributed by atoms with Crippen molar-refractivity contribution in [2.24, 2.45) is 17.8 Å². The fourth-order valence-corrected chi connectivity index (χ4v) is 5.95. The molecule has 0 amide bonds. The second-order valence-corrected chi connectivity index (χ2v) is 10.1. The van der Waals surface area contributed by atoms with Crippen molar-refractivity contribution in [2.75, 3.05) is 0 Å². The van der Waals surface area contributed by atoms with Crippen molar-refractivity contribution in [1.82, 2.24) is 0 Å². The lowest BCUT2D eigenvalue weighted by Crippen LogP contribution is -2.26. The molecule has 1 heteroatoms. The average molecular weight is 417 g/mol. The van der Waals surface area contributed by atoms with Crippen molar-refractivity contribution in [3.8, 4) is 0 Å². The Bertz CT molecular complexity index is 887. The Morgan fingerprint density at radius 1 is 1.03 bits per heavy atom. The molecule has 3 aliphatic carbocycles. The van der Waals surface area contributed by atoms with Gasteiger partial charge >= 0.3 is 0 Å². The van der Waals surface area contributed by atoms with Gasteiger partial charge in [-0.2, -0.15) is 0 Å². The average Bonchev–Trinajstić information content (AvgIpc) is 3.29. The van der Waals surface area contributed by atoms with E-state index in [1.807, 2.05) is 6.08 Å². The van der Waals surface area contributed by atoms with E-state index in [-0.39, 0.29) is 13.1 Å². The van der Waals surface area contributed by atoms with Crippen LogP contribution in [-0.2, 0) is 11.2 Å². The summed E-state index contributed by atoms with van der Waals surface area (Å²) < 4.78 is 0. The number of hydrogen-bond acceptors (Lipinski definition) is 1. The van der Waals surface area contributed by atoms with Crippen molar-refractivity contribution < 1.29 is 6.22 Å². The van der Waals surface area contributed by atoms with Gasteiger partial charge in [0.05, 0.1) is 5.92 Å². The Labute approximate surface area is 190 Å². The first-order valence-electron chi connectivity index (χ1n) is 12.4. The summed E-state index contributed by atoms with van der Waals surface area (Å²) in [5.74, 6) is 2.42. The number of hydrogen-bond donors (Lipinski definition) is 0. The number of carbonyl (C=O) groups is 1. The lowest BCUT2D eigenvalue weighted by molar-refractivity contribution is -0.118. The standard InChI is InChI=1S/C30H38O.H2/c1-4-24-17-18-29(31)30(27-7-5-6-8-27)28(24)20-22(3)19-23-11-15-26(16-12-23)25-13-9-21(2)10-14-25;/h4,11-12,15-18,20-21,25,27,30H,3,5-10,13-14,19H2,1-2H3;1H/b24-4-,28-20+;. The highest BCUT2D eigenvalue weighted by molar-refractivity contribution is 5.97. The van der Waals surface area contributed by atoms with Gasteiger partial charge < -0.3 is 0 Å². The third kappa shape index (κ3) is 5.20. The normalized spacial score (nSPS) is 29.7. The van der Waals surface area contributed by atoms with Crippen LogP contribution in [0.2, 0.25) is 0 Å². The van der Waals surface area contributed by atoms with Crippen LogP contribution in [0.5, 0.6) is 0 Å². The minimum absolute atomic E-state index is 0. The molecule has 0 radical (unpaired) electrons. The van der Waals surface area contributed by atoms with E-state index in [0.29, 0.717) is 5.92 Å². The van der Waals surface area contributed by atoms with Crippen molar-refractivity contribution in [3.63, 3.8) is 0 Å². The highest BCUT2D eigenvalue weighted by Gasteiger charge is 2.35. The Balaban J connectivity index is 0.00000289. The van der Waals surface area contributed by atoms with Gasteiger partial charge in [-0.15, -0.1) is 0 Å². The van der Waals surface area contributed by atoms with Gasteiger partial charge in [-0.25, -0.2) is 0 Å². The molecule has 0 heterocycles. The molecule has 0 bridgehead atoms. The topological polar surface area (TPSA) is 17.1 Å². The first kappa shape index (κ1) is 22.1. The molecule has 1 nitrogen and oxygen atoms in total. The van der Waals surface area contributed by atoms with Crippen LogP contribution in [0.4, 0.5) is 0 Å². The Hall–Kier alpha value is -2.15. The summed E-state index contributed by atoms with van der Waals surface area (Å²) in [6, 6.07) is 9.24. The highest BCUT2D eigenvalue weighted by atomic mass is 16.1. The van der Waals surface area contributed by atoms with E-state index in [1.165, 1.54) is 73.6 Å². The SMILES string of the molecule is C=C(/C=C1\C(=C/C)C=CC(=O)C1C1CCCC1)Cc1ccc(C2CCC(C)CC2)cc1.[HH]. The largest absolute Gasteiger partial charge is 0.294 e. The summed E-state index contributed by atoms with van der Waals surface area (Å²) >= 11 is 0. The summed E-state index contributed by atoms with van der Waals surface area (Å²) in [4.78, 5) is 12.8. The fourth-order valence-electron chi connectivity index (χ4n) is 5.95. The number of carbonyl (C=O) groups excluding carboxylic acids is 1. The van der Waals surface area contributed by atoms with E-state index >= 15 is 0 Å². The third-order valence-corrected chi connectivity index (χ3v) is 7.84. The van der Waals surface area contributed by atoms with E-state index < -0.39 is 0 Å². The molecule has 166 valence electrons. The van der Waals surface area contributed by atoms with Crippen molar-refractivity contribution in [2.45, 2.75) is 77.6 Å². The smallest absolute Gasteiger partial charge is 0.163 e. The van der Waals surface area contributed by atoms with E-state index in [4.69, 9.17) is 0 Å². The fraction of sp³-hybridized carbons (Fsp3) is 0.500. The van der Waals surface area contributed by atoms with Gasteiger partial charge in [-0.05, 0) is 85.1 Å². The van der Waals surface area contributed by atoms with Gasteiger partial charge in [-0.3, -0.25) is 4.79 Å². The molecular formula is C30H40O. The molecule has 1 atom stereocenters. The van der Waals surface area contributed by atoms with Gasteiger partial charge in [0.1, 0.15) is 0 Å². The molecule has 0 aliphatic heterocycles. The first-order chi connectivity index (χ1) is 15.0. The first-order valence-corrected chi connectivity index (χ1v) is 12.4. The second kappa shape index (κ2) is 9.98. The van der Waals surface area contributed by atoms with E-state index in [2.05, 4.69) is 56.8 Å². The summed E-state index contributed by atoms with van der Waals surface area (Å²) in [6.07, 6.45) is 19.2. The van der Waals surface area contributed by atoms with Crippen molar-refractivity contribution >= 4 is 5.78 Å². The summed E-state index contributed by atoms with van der Waals surface area (Å²) in [7, 11) is 0. The monoisotopic (exact) mass is 416 g/mol. The molecule has 1 aromatic rings. The van der Waals surface area contributed by atoms with Crippen LogP contribution in [0, 0.1) is 17.8 Å². The van der Waals surface area contributed by atoms with Crippen LogP contribution in [0.25, 0.3) is 0 Å². The van der Waals surface area contributed by atoms with Crippen LogP contribution in [0.3, 0.4) is 0 Å². The molecular weight excluding hydrogens is 376 g/mol. The third-order valence-electron chi connectivity index (χ3n) is 7.84. The van der Waals surface area contributed by atoms with Gasteiger partial charge in [0.15, 0.2) is 5.78 Å². The Morgan fingerprint density at radius 3 is 2.35 bits per heavy atom. The molecule has 1 aromatic carbocycles. The molecule has 2 saturated carbocycles. The molecule has 1 unspecified atom stereocenters. The number of allylic oxidation sites excluding steroid dienone is 7. The maximum absolute atomic E-state index is 12.8. The number of ketones is 1. The molecule has 31 heavy (non-hydrogen) atoms. The van der Waals surface area contributed by atoms with Gasteiger partial charge in [0.25, 0.3) is 0 Å². The summed E-state index contributed by atoms with van der Waals surface area (Å²) in [5, 5.41) is 0. The summed E-state index contributed by atoms with van der Waals surface area (Å²) in [6.45, 7) is 8.83. The van der Waals surface area contributed by atoms with E-state index in [0.717, 1.165) is 23.8 Å². The van der Waals surface area contributed by atoms with Crippen LogP contribution in [0.15, 0.2) is 71.9 Å². The molecule has 2 fully saturated rings. The quantitative estimate of drug-likeness (QED) is 0.473. The van der Waals surface area contributed by atoms with Gasteiger partial charge in [0, 0.05) is 1.43 Å². The second-order valence-electron chi connectivity index (χ2n) is 10.1. The van der Waals surface area contributed by atoms with E-state index in [9.17, 15) is 4.79 Å². The molecule has 0 aromatic heterocycles. The highest BCUT2D eigenvalue weighted by Crippen LogP contribution is 2.41. The van der Waals surface area contributed by atoms with Crippen LogP contribution < -0.4 is 0 Å². The molecule has 0 N–H and O–H groups in total. The molecule has 0 saturated heterocycles. The summed E-state index contributed by atoms with van der Waals surface area (Å²) in [5.41, 5.74) is 6.30. The molecule has 3 aliphatic rings. The maximum Gasteiger partial charge on any atom is 0.163 e. The zero-order chi connectivity index (χ0) is 21.8. The zero-order valence-electron chi connectivity index (χ0n) is 19.4. The molecule has 4 rings (SSSR count).